The Hall–Kier alpha value is -1.77. The number of nitrogens with one attached hydrogen (secondary N) is 1. The van der Waals surface area contributed by atoms with Gasteiger partial charge in [-0.1, -0.05) is 0 Å². The largest absolute Gasteiger partial charge is 0.492 e. The number of carbonyl (C=O) groups is 2. The van der Waals surface area contributed by atoms with Crippen molar-refractivity contribution in [2.24, 2.45) is 0 Å². The molecule has 1 saturated heterocycles. The second-order valence-electron chi connectivity index (χ2n) is 4.95. The van der Waals surface area contributed by atoms with Crippen molar-refractivity contribution in [1.29, 1.82) is 0 Å². The number of ether oxygens (including phenoxy) is 3. The summed E-state index contributed by atoms with van der Waals surface area (Å²) in [6.45, 7) is 5.38. The fourth-order valence-corrected chi connectivity index (χ4v) is 2.32. The third-order valence-electron chi connectivity index (χ3n) is 2.73. The van der Waals surface area contributed by atoms with Crippen LogP contribution in [0.25, 0.3) is 0 Å². The molecule has 7 heteroatoms. The summed E-state index contributed by atoms with van der Waals surface area (Å²) in [7, 11) is 0. The normalized spacial score (nSPS) is 16.6. The van der Waals surface area contributed by atoms with Gasteiger partial charge in [-0.2, -0.15) is 0 Å². The van der Waals surface area contributed by atoms with Gasteiger partial charge in [0.05, 0.1) is 12.3 Å². The molecule has 0 spiro atoms. The van der Waals surface area contributed by atoms with Gasteiger partial charge < -0.3 is 19.5 Å². The molecule has 6 nitrogen and oxygen atoms in total. The highest BCUT2D eigenvalue weighted by Crippen LogP contribution is 2.28. The van der Waals surface area contributed by atoms with E-state index in [4.69, 9.17) is 14.2 Å². The Morgan fingerprint density at radius 2 is 1.91 bits per heavy atom. The van der Waals surface area contributed by atoms with E-state index in [1.165, 1.54) is 20.0 Å². The van der Waals surface area contributed by atoms with Crippen LogP contribution in [0.4, 0.5) is 5.69 Å². The lowest BCUT2D eigenvalue weighted by molar-refractivity contribution is -0.222. The Kier molecular flexibility index (Phi) is 4.94. The van der Waals surface area contributed by atoms with Gasteiger partial charge in [-0.15, -0.1) is 0 Å². The molecular formula is C15H16INO5. The van der Waals surface area contributed by atoms with Crippen LogP contribution < -0.4 is 10.1 Å². The number of cyclic esters (lactones) is 2. The lowest BCUT2D eigenvalue weighted by Crippen LogP contribution is -2.42. The summed E-state index contributed by atoms with van der Waals surface area (Å²) in [4.78, 5) is 23.7. The highest BCUT2D eigenvalue weighted by atomic mass is 127. The first-order valence-corrected chi connectivity index (χ1v) is 7.76. The molecular weight excluding hydrogens is 401 g/mol. The molecule has 0 atom stereocenters. The molecule has 0 aliphatic carbocycles. The van der Waals surface area contributed by atoms with Crippen molar-refractivity contribution < 1.29 is 23.8 Å². The lowest BCUT2D eigenvalue weighted by Gasteiger charge is -2.29. The first-order valence-electron chi connectivity index (χ1n) is 6.68. The molecule has 1 aromatic rings. The fraction of sp³-hybridized carbons (Fsp3) is 0.333. The Morgan fingerprint density at radius 3 is 2.50 bits per heavy atom. The molecule has 1 aliphatic rings. The van der Waals surface area contributed by atoms with Crippen LogP contribution in [-0.4, -0.2) is 24.3 Å². The van der Waals surface area contributed by atoms with Crippen LogP contribution in [0.1, 0.15) is 20.8 Å². The van der Waals surface area contributed by atoms with Crippen LogP contribution >= 0.6 is 22.6 Å². The van der Waals surface area contributed by atoms with Crippen LogP contribution in [0.15, 0.2) is 30.0 Å². The number of halogens is 1. The molecule has 0 saturated carbocycles. The topological polar surface area (TPSA) is 73.9 Å². The molecule has 1 fully saturated rings. The summed E-state index contributed by atoms with van der Waals surface area (Å²) in [6.07, 6.45) is 1.27. The minimum Gasteiger partial charge on any atom is -0.492 e. The van der Waals surface area contributed by atoms with Crippen molar-refractivity contribution in [2.45, 2.75) is 26.6 Å². The molecule has 0 radical (unpaired) electrons. The third-order valence-corrected chi connectivity index (χ3v) is 3.40. The highest BCUT2D eigenvalue weighted by molar-refractivity contribution is 14.1. The van der Waals surface area contributed by atoms with Gasteiger partial charge in [0.2, 0.25) is 0 Å². The van der Waals surface area contributed by atoms with E-state index in [0.717, 1.165) is 3.57 Å². The number of hydrogen-bond acceptors (Lipinski definition) is 6. The van der Waals surface area contributed by atoms with E-state index in [9.17, 15) is 9.59 Å². The Balaban J connectivity index is 2.23. The van der Waals surface area contributed by atoms with E-state index in [1.807, 2.05) is 25.1 Å². The van der Waals surface area contributed by atoms with Crippen LogP contribution in [0.2, 0.25) is 0 Å². The molecule has 118 valence electrons. The summed E-state index contributed by atoms with van der Waals surface area (Å²) >= 11 is 2.16. The van der Waals surface area contributed by atoms with Crippen LogP contribution in [0, 0.1) is 3.57 Å². The average molecular weight is 417 g/mol. The van der Waals surface area contributed by atoms with Crippen molar-refractivity contribution in [3.63, 3.8) is 0 Å². The summed E-state index contributed by atoms with van der Waals surface area (Å²) in [5.74, 6) is -2.07. The van der Waals surface area contributed by atoms with Gasteiger partial charge in [-0.05, 0) is 47.7 Å². The smallest absolute Gasteiger partial charge is 0.350 e. The van der Waals surface area contributed by atoms with Crippen molar-refractivity contribution in [3.05, 3.63) is 33.5 Å². The second kappa shape index (κ2) is 6.55. The van der Waals surface area contributed by atoms with Crippen molar-refractivity contribution in [1.82, 2.24) is 0 Å². The zero-order chi connectivity index (χ0) is 16.3. The molecule has 1 heterocycles. The zero-order valence-electron chi connectivity index (χ0n) is 12.4. The van der Waals surface area contributed by atoms with Gasteiger partial charge in [-0.25, -0.2) is 9.59 Å². The van der Waals surface area contributed by atoms with Gasteiger partial charge in [-0.3, -0.25) is 0 Å². The van der Waals surface area contributed by atoms with Crippen LogP contribution in [0.5, 0.6) is 5.75 Å². The Morgan fingerprint density at radius 1 is 1.27 bits per heavy atom. The molecule has 1 aromatic carbocycles. The van der Waals surface area contributed by atoms with Crippen molar-refractivity contribution in [2.75, 3.05) is 11.9 Å². The minimum atomic E-state index is -1.25. The zero-order valence-corrected chi connectivity index (χ0v) is 14.6. The monoisotopic (exact) mass is 417 g/mol. The van der Waals surface area contributed by atoms with E-state index in [-0.39, 0.29) is 5.57 Å². The number of hydrogen-bond donors (Lipinski definition) is 1. The number of benzene rings is 1. The summed E-state index contributed by atoms with van der Waals surface area (Å²) < 4.78 is 16.5. The van der Waals surface area contributed by atoms with Gasteiger partial charge in [0.15, 0.2) is 5.57 Å². The molecule has 0 aromatic heterocycles. The second-order valence-corrected chi connectivity index (χ2v) is 6.20. The number of rotatable bonds is 4. The first kappa shape index (κ1) is 16.6. The van der Waals surface area contributed by atoms with E-state index >= 15 is 0 Å². The van der Waals surface area contributed by atoms with E-state index < -0.39 is 17.7 Å². The summed E-state index contributed by atoms with van der Waals surface area (Å²) in [6, 6.07) is 5.55. The quantitative estimate of drug-likeness (QED) is 0.352. The molecule has 0 amide bonds. The van der Waals surface area contributed by atoms with Crippen LogP contribution in [0.3, 0.4) is 0 Å². The molecule has 0 unspecified atom stereocenters. The maximum atomic E-state index is 11.9. The molecule has 0 bridgehead atoms. The Labute approximate surface area is 141 Å². The third kappa shape index (κ3) is 3.90. The van der Waals surface area contributed by atoms with E-state index in [0.29, 0.717) is 18.0 Å². The van der Waals surface area contributed by atoms with Crippen molar-refractivity contribution >= 4 is 40.2 Å². The standard InChI is InChI=1S/C15H16INO5/c1-4-20-12-6-5-9(16)7-11(12)17-8-10-13(18)21-15(2,3)22-14(10)19/h5-8,17H,4H2,1-3H3. The predicted octanol–water partition coefficient (Wildman–Crippen LogP) is 2.82. The maximum Gasteiger partial charge on any atom is 0.350 e. The minimum absolute atomic E-state index is 0.194. The van der Waals surface area contributed by atoms with Gasteiger partial charge >= 0.3 is 11.9 Å². The fourth-order valence-electron chi connectivity index (χ4n) is 1.82. The molecule has 22 heavy (non-hydrogen) atoms. The van der Waals surface area contributed by atoms with E-state index in [1.54, 1.807) is 0 Å². The number of anilines is 1. The highest BCUT2D eigenvalue weighted by Gasteiger charge is 2.38. The number of esters is 2. The van der Waals surface area contributed by atoms with Gasteiger partial charge in [0.1, 0.15) is 5.75 Å². The van der Waals surface area contributed by atoms with Crippen molar-refractivity contribution in [3.8, 4) is 5.75 Å². The Bertz CT molecular complexity index is 617. The molecule has 1 N–H and O–H groups in total. The average Bonchev–Trinajstić information content (AvgIpc) is 2.39. The maximum absolute atomic E-state index is 11.9. The predicted molar refractivity (Wildman–Crippen MR) is 88.3 cm³/mol. The number of carbonyl (C=O) groups excluding carboxylic acids is 2. The first-order chi connectivity index (χ1) is 10.3. The lowest BCUT2D eigenvalue weighted by atomic mass is 10.2. The molecule has 2 rings (SSSR count). The van der Waals surface area contributed by atoms with Gasteiger partial charge in [0.25, 0.3) is 5.79 Å². The summed E-state index contributed by atoms with van der Waals surface area (Å²) in [5.41, 5.74) is 0.451. The molecule has 1 aliphatic heterocycles. The van der Waals surface area contributed by atoms with E-state index in [2.05, 4.69) is 27.9 Å². The summed E-state index contributed by atoms with van der Waals surface area (Å²) in [5, 5.41) is 2.90. The SMILES string of the molecule is CCOc1ccc(I)cc1NC=C1C(=O)OC(C)(C)OC1=O. The van der Waals surface area contributed by atoms with Gasteiger partial charge in [0, 0.05) is 23.6 Å². The van der Waals surface area contributed by atoms with Crippen LogP contribution in [-0.2, 0) is 19.1 Å².